The average molecular weight is 355 g/mol. The average Bonchev–Trinajstić information content (AvgIpc) is 3.19. The minimum Gasteiger partial charge on any atom is -0.361 e. The lowest BCUT2D eigenvalue weighted by molar-refractivity contribution is -0.135. The minimum atomic E-state index is -0.328. The normalized spacial score (nSPS) is 17.2. The van der Waals surface area contributed by atoms with Crippen molar-refractivity contribution in [2.24, 2.45) is 5.92 Å². The molecule has 6 heteroatoms. The van der Waals surface area contributed by atoms with Crippen molar-refractivity contribution in [2.45, 2.75) is 39.7 Å². The molecule has 0 bridgehead atoms. The Kier molecular flexibility index (Phi) is 5.11. The number of hydrogen-bond acceptors (Lipinski definition) is 4. The number of amides is 2. The first-order valence-corrected chi connectivity index (χ1v) is 8.92. The smallest absolute Gasteiger partial charge is 0.228 e. The Morgan fingerprint density at radius 1 is 1.35 bits per heavy atom. The monoisotopic (exact) mass is 355 g/mol. The maximum absolute atomic E-state index is 12.7. The number of anilines is 1. The number of benzene rings is 1. The maximum atomic E-state index is 12.7. The number of carbonyl (C=O) groups is 2. The molecule has 6 nitrogen and oxygen atoms in total. The minimum absolute atomic E-state index is 0.00803. The summed E-state index contributed by atoms with van der Waals surface area (Å²) in [5.41, 5.74) is 2.80. The SMILES string of the molecule is Cc1cc(CN(C)C(=O)[C@H]2CC(=O)N(c3ccc(C(C)C)cc3)C2)no1. The van der Waals surface area contributed by atoms with E-state index in [1.54, 1.807) is 16.8 Å². The van der Waals surface area contributed by atoms with Crippen LogP contribution < -0.4 is 4.90 Å². The van der Waals surface area contributed by atoms with Gasteiger partial charge in [-0.2, -0.15) is 0 Å². The molecular formula is C20H25N3O3. The standard InChI is InChI=1S/C20H25N3O3/c1-13(2)15-5-7-18(8-6-15)23-11-16(10-19(23)24)20(25)22(4)12-17-9-14(3)26-21-17/h5-9,13,16H,10-12H2,1-4H3/t16-/m0/s1. The fourth-order valence-electron chi connectivity index (χ4n) is 3.29. The first-order valence-electron chi connectivity index (χ1n) is 8.92. The molecule has 0 radical (unpaired) electrons. The molecule has 1 saturated heterocycles. The predicted molar refractivity (Wildman–Crippen MR) is 98.7 cm³/mol. The van der Waals surface area contributed by atoms with Crippen LogP contribution in [0.5, 0.6) is 0 Å². The molecule has 1 fully saturated rings. The molecule has 26 heavy (non-hydrogen) atoms. The molecule has 2 aromatic rings. The highest BCUT2D eigenvalue weighted by Gasteiger charge is 2.36. The van der Waals surface area contributed by atoms with Crippen LogP contribution in [0.3, 0.4) is 0 Å². The molecule has 0 unspecified atom stereocenters. The van der Waals surface area contributed by atoms with Crippen molar-refractivity contribution < 1.29 is 14.1 Å². The van der Waals surface area contributed by atoms with Gasteiger partial charge in [0.2, 0.25) is 11.8 Å². The summed E-state index contributed by atoms with van der Waals surface area (Å²) in [6.45, 7) is 6.88. The Hall–Kier alpha value is -2.63. The van der Waals surface area contributed by atoms with Crippen molar-refractivity contribution in [3.8, 4) is 0 Å². The molecule has 0 spiro atoms. The van der Waals surface area contributed by atoms with Gasteiger partial charge in [-0.05, 0) is 30.5 Å². The highest BCUT2D eigenvalue weighted by molar-refractivity contribution is 6.00. The summed E-state index contributed by atoms with van der Waals surface area (Å²) in [6, 6.07) is 9.82. The summed E-state index contributed by atoms with van der Waals surface area (Å²) in [5, 5.41) is 3.92. The lowest BCUT2D eigenvalue weighted by Gasteiger charge is -2.21. The van der Waals surface area contributed by atoms with Gasteiger partial charge in [-0.25, -0.2) is 0 Å². The zero-order valence-corrected chi connectivity index (χ0v) is 15.7. The van der Waals surface area contributed by atoms with E-state index in [2.05, 4.69) is 19.0 Å². The summed E-state index contributed by atoms with van der Waals surface area (Å²) in [7, 11) is 1.73. The van der Waals surface area contributed by atoms with Crippen LogP contribution >= 0.6 is 0 Å². The van der Waals surface area contributed by atoms with E-state index in [0.717, 1.165) is 5.69 Å². The van der Waals surface area contributed by atoms with Gasteiger partial charge in [0, 0.05) is 31.8 Å². The second-order valence-corrected chi connectivity index (χ2v) is 7.27. The molecule has 2 heterocycles. The summed E-state index contributed by atoms with van der Waals surface area (Å²) >= 11 is 0. The molecule has 0 N–H and O–H groups in total. The van der Waals surface area contributed by atoms with Gasteiger partial charge in [-0.15, -0.1) is 0 Å². The Balaban J connectivity index is 1.65. The highest BCUT2D eigenvalue weighted by atomic mass is 16.5. The van der Waals surface area contributed by atoms with Crippen molar-refractivity contribution in [3.05, 3.63) is 47.3 Å². The Morgan fingerprint density at radius 2 is 2.04 bits per heavy atom. The van der Waals surface area contributed by atoms with Crippen LogP contribution in [-0.2, 0) is 16.1 Å². The summed E-state index contributed by atoms with van der Waals surface area (Å²) in [4.78, 5) is 28.5. The fraction of sp³-hybridized carbons (Fsp3) is 0.450. The van der Waals surface area contributed by atoms with Crippen LogP contribution in [0.4, 0.5) is 5.69 Å². The second-order valence-electron chi connectivity index (χ2n) is 7.27. The zero-order valence-electron chi connectivity index (χ0n) is 15.7. The number of rotatable bonds is 5. The van der Waals surface area contributed by atoms with Crippen molar-refractivity contribution in [3.63, 3.8) is 0 Å². The molecule has 1 aliphatic rings. The molecule has 3 rings (SSSR count). The lowest BCUT2D eigenvalue weighted by Crippen LogP contribution is -2.34. The van der Waals surface area contributed by atoms with Crippen molar-refractivity contribution in [2.75, 3.05) is 18.5 Å². The zero-order chi connectivity index (χ0) is 18.8. The molecule has 2 amide bonds. The summed E-state index contributed by atoms with van der Waals surface area (Å²) in [5.74, 6) is 0.784. The quantitative estimate of drug-likeness (QED) is 0.826. The first-order chi connectivity index (χ1) is 12.3. The third-order valence-electron chi connectivity index (χ3n) is 4.80. The van der Waals surface area contributed by atoms with Crippen LogP contribution in [0, 0.1) is 12.8 Å². The van der Waals surface area contributed by atoms with E-state index in [-0.39, 0.29) is 24.2 Å². The van der Waals surface area contributed by atoms with Gasteiger partial charge in [-0.3, -0.25) is 9.59 Å². The van der Waals surface area contributed by atoms with Crippen molar-refractivity contribution in [1.82, 2.24) is 10.1 Å². The third kappa shape index (κ3) is 3.79. The van der Waals surface area contributed by atoms with Gasteiger partial charge in [0.05, 0.1) is 12.5 Å². The summed E-state index contributed by atoms with van der Waals surface area (Å²) in [6.07, 6.45) is 0.243. The van der Waals surface area contributed by atoms with E-state index in [4.69, 9.17) is 4.52 Å². The van der Waals surface area contributed by atoms with Gasteiger partial charge in [0.1, 0.15) is 11.5 Å². The van der Waals surface area contributed by atoms with E-state index in [1.807, 2.05) is 37.3 Å². The van der Waals surface area contributed by atoms with Crippen LogP contribution in [-0.4, -0.2) is 35.5 Å². The molecule has 0 aliphatic carbocycles. The van der Waals surface area contributed by atoms with E-state index in [1.165, 1.54) is 5.56 Å². The maximum Gasteiger partial charge on any atom is 0.228 e. The molecule has 1 aromatic carbocycles. The Bertz CT molecular complexity index is 795. The van der Waals surface area contributed by atoms with Gasteiger partial charge < -0.3 is 14.3 Å². The van der Waals surface area contributed by atoms with Gasteiger partial charge >= 0.3 is 0 Å². The summed E-state index contributed by atoms with van der Waals surface area (Å²) < 4.78 is 5.04. The van der Waals surface area contributed by atoms with Crippen molar-refractivity contribution >= 4 is 17.5 Å². The highest BCUT2D eigenvalue weighted by Crippen LogP contribution is 2.28. The number of hydrogen-bond donors (Lipinski definition) is 0. The second kappa shape index (κ2) is 7.32. The van der Waals surface area contributed by atoms with Gasteiger partial charge in [0.15, 0.2) is 0 Å². The number of nitrogens with zero attached hydrogens (tertiary/aromatic N) is 3. The molecule has 138 valence electrons. The fourth-order valence-corrected chi connectivity index (χ4v) is 3.29. The number of aryl methyl sites for hydroxylation is 1. The van der Waals surface area contributed by atoms with Crippen LogP contribution in [0.2, 0.25) is 0 Å². The number of aromatic nitrogens is 1. The molecule has 0 saturated carbocycles. The van der Waals surface area contributed by atoms with Gasteiger partial charge in [0.25, 0.3) is 0 Å². The predicted octanol–water partition coefficient (Wildman–Crippen LogP) is 3.12. The molecule has 1 aliphatic heterocycles. The van der Waals surface area contributed by atoms with E-state index < -0.39 is 0 Å². The largest absolute Gasteiger partial charge is 0.361 e. The molecule has 1 aromatic heterocycles. The third-order valence-corrected chi connectivity index (χ3v) is 4.80. The van der Waals surface area contributed by atoms with Crippen LogP contribution in [0.1, 0.15) is 43.2 Å². The first kappa shape index (κ1) is 18.2. The van der Waals surface area contributed by atoms with E-state index >= 15 is 0 Å². The topological polar surface area (TPSA) is 66.7 Å². The van der Waals surface area contributed by atoms with Crippen LogP contribution in [0.25, 0.3) is 0 Å². The van der Waals surface area contributed by atoms with E-state index in [9.17, 15) is 9.59 Å². The Morgan fingerprint density at radius 3 is 2.62 bits per heavy atom. The van der Waals surface area contributed by atoms with Crippen molar-refractivity contribution in [1.29, 1.82) is 0 Å². The molecule has 1 atom stereocenters. The van der Waals surface area contributed by atoms with E-state index in [0.29, 0.717) is 30.5 Å². The van der Waals surface area contributed by atoms with Crippen LogP contribution in [0.15, 0.2) is 34.9 Å². The molecular weight excluding hydrogens is 330 g/mol. The Labute approximate surface area is 153 Å². The lowest BCUT2D eigenvalue weighted by atomic mass is 10.0. The van der Waals surface area contributed by atoms with Gasteiger partial charge in [-0.1, -0.05) is 31.1 Å². The number of carbonyl (C=O) groups excluding carboxylic acids is 2.